The molecule has 2 fully saturated rings. The van der Waals surface area contributed by atoms with Gasteiger partial charge in [-0.15, -0.1) is 0 Å². The van der Waals surface area contributed by atoms with Crippen LogP contribution in [-0.2, 0) is 35.8 Å². The lowest BCUT2D eigenvalue weighted by Gasteiger charge is -2.50. The van der Waals surface area contributed by atoms with Crippen molar-refractivity contribution in [2.45, 2.75) is 75.3 Å². The van der Waals surface area contributed by atoms with Gasteiger partial charge in [0.25, 0.3) is 0 Å². The van der Waals surface area contributed by atoms with Crippen molar-refractivity contribution in [3.05, 3.63) is 125 Å². The van der Waals surface area contributed by atoms with E-state index in [4.69, 9.17) is 9.15 Å². The Morgan fingerprint density at radius 3 is 2.07 bits per heavy atom. The first kappa shape index (κ1) is 29.4. The van der Waals surface area contributed by atoms with Crippen molar-refractivity contribution in [2.24, 2.45) is 0 Å². The van der Waals surface area contributed by atoms with Gasteiger partial charge in [0.05, 0.1) is 41.0 Å². The van der Waals surface area contributed by atoms with Gasteiger partial charge in [-0.25, -0.2) is 4.98 Å². The minimum atomic E-state index is -4.93. The zero-order valence-electron chi connectivity index (χ0n) is 23.3. The first-order valence-corrected chi connectivity index (χ1v) is 14.1. The van der Waals surface area contributed by atoms with Crippen molar-refractivity contribution in [3.8, 4) is 0 Å². The topological polar surface area (TPSA) is 38.5 Å². The summed E-state index contributed by atoms with van der Waals surface area (Å²) in [6.07, 6.45) is -6.96. The van der Waals surface area contributed by atoms with Crippen LogP contribution in [-0.4, -0.2) is 22.0 Å². The molecule has 0 radical (unpaired) electrons. The minimum Gasteiger partial charge on any atom is -0.448 e. The van der Waals surface area contributed by atoms with Crippen LogP contribution in [0, 0.1) is 6.92 Å². The molecular weight excluding hydrogens is 570 g/mol. The Kier molecular flexibility index (Phi) is 7.62. The second-order valence-corrected chi connectivity index (χ2v) is 11.4. The Bertz CT molecular complexity index is 1520. The number of ether oxygens (including phenoxy) is 1. The van der Waals surface area contributed by atoms with Gasteiger partial charge in [-0.05, 0) is 61.1 Å². The van der Waals surface area contributed by atoms with Gasteiger partial charge in [0, 0.05) is 12.6 Å². The molecule has 0 saturated carbocycles. The summed E-state index contributed by atoms with van der Waals surface area (Å²) >= 11 is 0. The van der Waals surface area contributed by atoms with E-state index in [9.17, 15) is 26.3 Å². The second kappa shape index (κ2) is 11.1. The molecule has 2 aliphatic rings. The fourth-order valence-electron chi connectivity index (χ4n) is 6.89. The quantitative estimate of drug-likeness (QED) is 0.199. The van der Waals surface area contributed by atoms with Crippen LogP contribution < -0.4 is 0 Å². The van der Waals surface area contributed by atoms with Crippen molar-refractivity contribution in [3.63, 3.8) is 0 Å². The van der Waals surface area contributed by atoms with Crippen LogP contribution in [0.3, 0.4) is 0 Å². The molecular formula is C33H30F6N2O2. The summed E-state index contributed by atoms with van der Waals surface area (Å²) in [5, 5.41) is 0. The lowest BCUT2D eigenvalue weighted by Crippen LogP contribution is -2.56. The highest BCUT2D eigenvalue weighted by atomic mass is 19.4. The summed E-state index contributed by atoms with van der Waals surface area (Å²) < 4.78 is 93.7. The summed E-state index contributed by atoms with van der Waals surface area (Å²) in [5.41, 5.74) is -0.822. The fraction of sp³-hybridized carbons (Fsp3) is 0.364. The van der Waals surface area contributed by atoms with Gasteiger partial charge >= 0.3 is 12.4 Å². The first-order chi connectivity index (χ1) is 20.4. The Hall–Kier alpha value is -3.63. The first-order valence-electron chi connectivity index (χ1n) is 14.1. The number of hydrogen-bond acceptors (Lipinski definition) is 4. The van der Waals surface area contributed by atoms with Crippen molar-refractivity contribution in [1.29, 1.82) is 0 Å². The number of halogens is 6. The zero-order valence-corrected chi connectivity index (χ0v) is 23.3. The Labute approximate surface area is 245 Å². The van der Waals surface area contributed by atoms with Crippen molar-refractivity contribution in [2.75, 3.05) is 0 Å². The van der Waals surface area contributed by atoms with Gasteiger partial charge in [0.2, 0.25) is 0 Å². The van der Waals surface area contributed by atoms with E-state index in [1.807, 2.05) is 67.6 Å². The maximum atomic E-state index is 13.6. The number of nitrogens with zero attached hydrogens (tertiary/aromatic N) is 2. The maximum Gasteiger partial charge on any atom is 0.416 e. The molecule has 2 bridgehead atoms. The van der Waals surface area contributed by atoms with Crippen molar-refractivity contribution < 1.29 is 35.5 Å². The van der Waals surface area contributed by atoms with E-state index in [0.29, 0.717) is 31.7 Å². The van der Waals surface area contributed by atoms with Crippen LogP contribution >= 0.6 is 0 Å². The molecule has 0 spiro atoms. The van der Waals surface area contributed by atoms with E-state index in [0.717, 1.165) is 29.0 Å². The Morgan fingerprint density at radius 2 is 1.49 bits per heavy atom. The second-order valence-electron chi connectivity index (χ2n) is 11.4. The highest BCUT2D eigenvalue weighted by Crippen LogP contribution is 2.57. The van der Waals surface area contributed by atoms with Gasteiger partial charge in [0.1, 0.15) is 6.26 Å². The minimum absolute atomic E-state index is 0.0312. The number of alkyl halides is 6. The summed E-state index contributed by atoms with van der Waals surface area (Å²) in [6.45, 7) is 2.02. The highest BCUT2D eigenvalue weighted by molar-refractivity contribution is 5.36. The van der Waals surface area contributed by atoms with Crippen LogP contribution in [0.25, 0.3) is 0 Å². The number of fused-ring (bicyclic) bond motifs is 2. The third kappa shape index (κ3) is 5.70. The maximum absolute atomic E-state index is 13.6. The fourth-order valence-corrected chi connectivity index (χ4v) is 6.89. The largest absolute Gasteiger partial charge is 0.448 e. The molecule has 0 amide bonds. The van der Waals surface area contributed by atoms with E-state index in [2.05, 4.69) is 9.88 Å². The lowest BCUT2D eigenvalue weighted by atomic mass is 9.78. The van der Waals surface area contributed by atoms with E-state index in [1.54, 1.807) is 6.26 Å². The normalized spacial score (nSPS) is 24.4. The Morgan fingerprint density at radius 1 is 0.860 bits per heavy atom. The summed E-state index contributed by atoms with van der Waals surface area (Å²) in [4.78, 5) is 7.03. The number of oxazole rings is 1. The van der Waals surface area contributed by atoms with Crippen LogP contribution in [0.1, 0.15) is 64.6 Å². The van der Waals surface area contributed by atoms with Crippen molar-refractivity contribution >= 4 is 0 Å². The van der Waals surface area contributed by atoms with Crippen LogP contribution in [0.4, 0.5) is 26.3 Å². The molecule has 1 aromatic heterocycles. The SMILES string of the molecule is Cc1coc(C2CC3(c4ccccc4)C(OCc4cc(C(F)(F)F)cc(C(F)(F)F)c4)CCC2N3Cc2ccccc2)n1. The standard InChI is InChI=1S/C33H30F6N2O2/c1-21-19-43-30(40-21)27-17-31(24-10-6-3-7-11-24)29(13-12-28(27)41(31)18-22-8-4-2-5-9-22)42-20-23-14-25(32(34,35)36)16-26(15-23)33(37,38)39/h2-11,14-16,19,27-29H,12-13,17-18,20H2,1H3. The van der Waals surface area contributed by atoms with Gasteiger partial charge in [0.15, 0.2) is 5.89 Å². The molecule has 226 valence electrons. The molecule has 3 aromatic carbocycles. The summed E-state index contributed by atoms with van der Waals surface area (Å²) in [7, 11) is 0. The number of piperidine rings is 1. The number of hydrogen-bond donors (Lipinski definition) is 0. The molecule has 4 nitrogen and oxygen atoms in total. The molecule has 2 saturated heterocycles. The van der Waals surface area contributed by atoms with Gasteiger partial charge in [-0.1, -0.05) is 60.7 Å². The number of aryl methyl sites for hydroxylation is 1. The predicted octanol–water partition coefficient (Wildman–Crippen LogP) is 8.65. The average molecular weight is 601 g/mol. The molecule has 0 N–H and O–H groups in total. The molecule has 2 aliphatic heterocycles. The molecule has 4 aromatic rings. The molecule has 10 heteroatoms. The molecule has 43 heavy (non-hydrogen) atoms. The van der Waals surface area contributed by atoms with Crippen molar-refractivity contribution in [1.82, 2.24) is 9.88 Å². The van der Waals surface area contributed by atoms with Crippen LogP contribution in [0.15, 0.2) is 89.5 Å². The molecule has 4 unspecified atom stereocenters. The third-order valence-electron chi connectivity index (χ3n) is 8.69. The lowest BCUT2D eigenvalue weighted by molar-refractivity contribution is -0.143. The predicted molar refractivity (Wildman–Crippen MR) is 147 cm³/mol. The monoisotopic (exact) mass is 600 g/mol. The van der Waals surface area contributed by atoms with Gasteiger partial charge < -0.3 is 9.15 Å². The van der Waals surface area contributed by atoms with Gasteiger partial charge in [-0.3, -0.25) is 4.90 Å². The van der Waals surface area contributed by atoms with Gasteiger partial charge in [-0.2, -0.15) is 26.3 Å². The van der Waals surface area contributed by atoms with Crippen LogP contribution in [0.5, 0.6) is 0 Å². The number of benzene rings is 3. The van der Waals surface area contributed by atoms with E-state index < -0.39 is 41.7 Å². The molecule has 0 aliphatic carbocycles. The van der Waals surface area contributed by atoms with E-state index in [-0.39, 0.29) is 23.6 Å². The van der Waals surface area contributed by atoms with E-state index >= 15 is 0 Å². The zero-order chi connectivity index (χ0) is 30.4. The number of aromatic nitrogens is 1. The molecule has 4 atom stereocenters. The van der Waals surface area contributed by atoms with E-state index in [1.165, 1.54) is 0 Å². The smallest absolute Gasteiger partial charge is 0.416 e. The Balaban J connectivity index is 1.41. The number of rotatable bonds is 7. The molecule has 6 rings (SSSR count). The summed E-state index contributed by atoms with van der Waals surface area (Å²) in [5.74, 6) is 0.531. The highest BCUT2D eigenvalue weighted by Gasteiger charge is 2.61. The summed E-state index contributed by atoms with van der Waals surface area (Å²) in [6, 6.07) is 21.4. The average Bonchev–Trinajstić information content (AvgIpc) is 3.49. The van der Waals surface area contributed by atoms with Crippen LogP contribution in [0.2, 0.25) is 0 Å². The third-order valence-corrected chi connectivity index (χ3v) is 8.69. The molecule has 3 heterocycles.